The molecule has 1 aliphatic heterocycles. The summed E-state index contributed by atoms with van der Waals surface area (Å²) in [7, 11) is -1.72. The van der Waals surface area contributed by atoms with E-state index in [9.17, 15) is 8.42 Å². The Balaban J connectivity index is 1.69. The van der Waals surface area contributed by atoms with E-state index in [4.69, 9.17) is 4.52 Å². The third-order valence-electron chi connectivity index (χ3n) is 4.58. The summed E-state index contributed by atoms with van der Waals surface area (Å²) in [6.07, 6.45) is 0. The summed E-state index contributed by atoms with van der Waals surface area (Å²) in [5, 5.41) is 8.24. The van der Waals surface area contributed by atoms with Gasteiger partial charge in [-0.05, 0) is 20.8 Å². The molecule has 0 aliphatic carbocycles. The van der Waals surface area contributed by atoms with Crippen molar-refractivity contribution in [2.45, 2.75) is 32.2 Å². The third kappa shape index (κ3) is 3.11. The second-order valence-corrected chi connectivity index (χ2v) is 8.26. The van der Waals surface area contributed by atoms with Gasteiger partial charge >= 0.3 is 0 Å². The van der Waals surface area contributed by atoms with E-state index in [1.54, 1.807) is 29.9 Å². The first-order chi connectivity index (χ1) is 11.3. The molecular weight excluding hydrogens is 330 g/mol. The van der Waals surface area contributed by atoms with Crippen LogP contribution in [0.3, 0.4) is 0 Å². The molecule has 2 aromatic heterocycles. The molecule has 2 aromatic rings. The van der Waals surface area contributed by atoms with Gasteiger partial charge in [-0.3, -0.25) is 4.68 Å². The van der Waals surface area contributed by atoms with Crippen molar-refractivity contribution in [1.82, 2.24) is 19.2 Å². The number of hydrogen-bond donors (Lipinski definition) is 1. The first-order valence-corrected chi connectivity index (χ1v) is 9.49. The lowest BCUT2D eigenvalue weighted by Crippen LogP contribution is -3.13. The van der Waals surface area contributed by atoms with Gasteiger partial charge in [0.25, 0.3) is 0 Å². The molecule has 1 N–H and O–H groups in total. The van der Waals surface area contributed by atoms with Crippen LogP contribution >= 0.6 is 0 Å². The van der Waals surface area contributed by atoms with E-state index in [0.29, 0.717) is 29.4 Å². The summed E-state index contributed by atoms with van der Waals surface area (Å²) in [5.74, 6) is 0.799. The molecule has 0 spiro atoms. The molecule has 3 rings (SSSR count). The second kappa shape index (κ2) is 6.30. The quantitative estimate of drug-likeness (QED) is 0.794. The number of piperazine rings is 1. The summed E-state index contributed by atoms with van der Waals surface area (Å²) in [6, 6.07) is 1.93. The third-order valence-corrected chi connectivity index (χ3v) is 6.73. The van der Waals surface area contributed by atoms with Gasteiger partial charge in [0.15, 0.2) is 0 Å². The van der Waals surface area contributed by atoms with Crippen molar-refractivity contribution in [3.63, 3.8) is 0 Å². The Bertz CT molecular complexity index is 831. The van der Waals surface area contributed by atoms with E-state index in [2.05, 4.69) is 10.3 Å². The summed E-state index contributed by atoms with van der Waals surface area (Å²) < 4.78 is 34.2. The Hall–Kier alpha value is -1.71. The smallest absolute Gasteiger partial charge is 0.247 e. The van der Waals surface area contributed by atoms with Crippen LogP contribution in [0.2, 0.25) is 0 Å². The van der Waals surface area contributed by atoms with Gasteiger partial charge in [0.05, 0.1) is 37.6 Å². The molecule has 0 unspecified atom stereocenters. The molecular formula is C15H24N5O3S+. The number of sulfonamides is 1. The molecule has 0 atom stereocenters. The molecule has 1 saturated heterocycles. The Kier molecular flexibility index (Phi) is 4.50. The molecule has 24 heavy (non-hydrogen) atoms. The van der Waals surface area contributed by atoms with Gasteiger partial charge in [0.2, 0.25) is 10.0 Å². The van der Waals surface area contributed by atoms with E-state index in [0.717, 1.165) is 31.1 Å². The van der Waals surface area contributed by atoms with E-state index >= 15 is 0 Å². The molecule has 9 heteroatoms. The number of hydrogen-bond acceptors (Lipinski definition) is 5. The predicted octanol–water partition coefficient (Wildman–Crippen LogP) is -0.577. The van der Waals surface area contributed by atoms with Crippen molar-refractivity contribution in [2.24, 2.45) is 7.05 Å². The average molecular weight is 354 g/mol. The molecule has 0 radical (unpaired) electrons. The van der Waals surface area contributed by atoms with Gasteiger partial charge in [-0.15, -0.1) is 0 Å². The van der Waals surface area contributed by atoms with Crippen LogP contribution in [0.25, 0.3) is 0 Å². The Morgan fingerprint density at radius 1 is 1.25 bits per heavy atom. The van der Waals surface area contributed by atoms with E-state index < -0.39 is 10.0 Å². The van der Waals surface area contributed by atoms with Gasteiger partial charge in [0.1, 0.15) is 22.9 Å². The fourth-order valence-corrected chi connectivity index (χ4v) is 5.07. The number of nitrogens with zero attached hydrogens (tertiary/aromatic N) is 4. The van der Waals surface area contributed by atoms with E-state index in [1.807, 2.05) is 13.0 Å². The highest BCUT2D eigenvalue weighted by Crippen LogP contribution is 2.22. The van der Waals surface area contributed by atoms with Gasteiger partial charge in [-0.25, -0.2) is 8.42 Å². The SMILES string of the molecule is Cc1cc(C[NH+]2CCN(S(=O)(=O)c3c(C)nn(C)c3C)CC2)no1. The predicted molar refractivity (Wildman–Crippen MR) is 87.1 cm³/mol. The zero-order chi connectivity index (χ0) is 17.5. The normalized spacial score (nSPS) is 17.5. The van der Waals surface area contributed by atoms with E-state index in [1.165, 1.54) is 4.90 Å². The zero-order valence-electron chi connectivity index (χ0n) is 14.5. The molecule has 0 saturated carbocycles. The van der Waals surface area contributed by atoms with Crippen LogP contribution in [-0.2, 0) is 23.6 Å². The lowest BCUT2D eigenvalue weighted by atomic mass is 10.3. The Morgan fingerprint density at radius 3 is 2.42 bits per heavy atom. The number of quaternary nitrogens is 1. The highest BCUT2D eigenvalue weighted by atomic mass is 32.2. The lowest BCUT2D eigenvalue weighted by molar-refractivity contribution is -0.917. The van der Waals surface area contributed by atoms with Crippen LogP contribution in [0.1, 0.15) is 22.8 Å². The minimum absolute atomic E-state index is 0.348. The van der Waals surface area contributed by atoms with Crippen molar-refractivity contribution in [2.75, 3.05) is 26.2 Å². The van der Waals surface area contributed by atoms with Crippen LogP contribution in [0, 0.1) is 20.8 Å². The van der Waals surface area contributed by atoms with Crippen molar-refractivity contribution in [3.8, 4) is 0 Å². The van der Waals surface area contributed by atoms with Crippen LogP contribution in [0.4, 0.5) is 0 Å². The summed E-state index contributed by atoms with van der Waals surface area (Å²) in [6.45, 7) is 8.68. The topological polar surface area (TPSA) is 85.7 Å². The van der Waals surface area contributed by atoms with Crippen molar-refractivity contribution in [1.29, 1.82) is 0 Å². The molecule has 132 valence electrons. The molecule has 0 amide bonds. The highest BCUT2D eigenvalue weighted by Gasteiger charge is 2.34. The maximum atomic E-state index is 12.9. The Labute approximate surface area is 142 Å². The molecule has 0 bridgehead atoms. The van der Waals surface area contributed by atoms with Gasteiger partial charge in [-0.2, -0.15) is 9.40 Å². The summed E-state index contributed by atoms with van der Waals surface area (Å²) >= 11 is 0. The molecule has 0 aromatic carbocycles. The number of rotatable bonds is 4. The van der Waals surface area contributed by atoms with Crippen molar-refractivity contribution < 1.29 is 17.8 Å². The second-order valence-electron chi connectivity index (χ2n) is 6.38. The van der Waals surface area contributed by atoms with Crippen molar-refractivity contribution in [3.05, 3.63) is 28.9 Å². The highest BCUT2D eigenvalue weighted by molar-refractivity contribution is 7.89. The maximum absolute atomic E-state index is 12.9. The van der Waals surface area contributed by atoms with Gasteiger partial charge < -0.3 is 9.42 Å². The molecule has 8 nitrogen and oxygen atoms in total. The summed E-state index contributed by atoms with van der Waals surface area (Å²) in [4.78, 5) is 1.66. The average Bonchev–Trinajstić information content (AvgIpc) is 3.03. The fraction of sp³-hybridized carbons (Fsp3) is 0.600. The van der Waals surface area contributed by atoms with Crippen LogP contribution < -0.4 is 4.90 Å². The molecule has 1 aliphatic rings. The first kappa shape index (κ1) is 17.1. The van der Waals surface area contributed by atoms with Crippen LogP contribution in [0.5, 0.6) is 0 Å². The van der Waals surface area contributed by atoms with Crippen LogP contribution in [0.15, 0.2) is 15.5 Å². The van der Waals surface area contributed by atoms with Gasteiger partial charge in [-0.1, -0.05) is 5.16 Å². The monoisotopic (exact) mass is 354 g/mol. The first-order valence-electron chi connectivity index (χ1n) is 8.05. The minimum Gasteiger partial charge on any atom is -0.361 e. The van der Waals surface area contributed by atoms with Crippen molar-refractivity contribution >= 4 is 10.0 Å². The molecule has 1 fully saturated rings. The maximum Gasteiger partial charge on any atom is 0.247 e. The largest absolute Gasteiger partial charge is 0.361 e. The number of aryl methyl sites for hydroxylation is 3. The lowest BCUT2D eigenvalue weighted by Gasteiger charge is -2.31. The minimum atomic E-state index is -3.49. The van der Waals surface area contributed by atoms with Gasteiger partial charge in [0, 0.05) is 13.1 Å². The standard InChI is InChI=1S/C15H23N5O3S/c1-11-9-14(17-23-11)10-19-5-7-20(8-6-19)24(21,22)15-12(2)16-18(4)13(15)3/h9H,5-8,10H2,1-4H3/p+1. The molecule has 3 heterocycles. The zero-order valence-corrected chi connectivity index (χ0v) is 15.4. The van der Waals surface area contributed by atoms with Crippen LogP contribution in [-0.4, -0.2) is 53.8 Å². The number of aromatic nitrogens is 3. The fourth-order valence-electron chi connectivity index (χ4n) is 3.23. The Morgan fingerprint density at radius 2 is 1.92 bits per heavy atom. The summed E-state index contributed by atoms with van der Waals surface area (Å²) in [5.41, 5.74) is 2.15. The number of nitrogens with one attached hydrogen (secondary N) is 1. The van der Waals surface area contributed by atoms with E-state index in [-0.39, 0.29) is 0 Å².